The molecule has 0 spiro atoms. The fourth-order valence-corrected chi connectivity index (χ4v) is 7.66. The van der Waals surface area contributed by atoms with Crippen LogP contribution >= 0.6 is 0 Å². The molecule has 2 saturated heterocycles. The first-order valence-corrected chi connectivity index (χ1v) is 16.8. The van der Waals surface area contributed by atoms with Crippen LogP contribution in [0.4, 0.5) is 13.6 Å². The highest BCUT2D eigenvalue weighted by molar-refractivity contribution is 5.88. The van der Waals surface area contributed by atoms with Crippen LogP contribution in [0.1, 0.15) is 74.4 Å². The Hall–Kier alpha value is -5.10. The van der Waals surface area contributed by atoms with Crippen molar-refractivity contribution in [2.45, 2.75) is 63.6 Å². The van der Waals surface area contributed by atoms with Crippen molar-refractivity contribution in [2.24, 2.45) is 5.92 Å². The first-order valence-electron chi connectivity index (χ1n) is 16.8. The number of aromatic nitrogens is 4. The van der Waals surface area contributed by atoms with E-state index in [1.807, 2.05) is 44.2 Å². The van der Waals surface area contributed by atoms with Gasteiger partial charge in [-0.15, -0.1) is 0 Å². The Labute approximate surface area is 281 Å². The van der Waals surface area contributed by atoms with Crippen LogP contribution in [-0.4, -0.2) is 61.1 Å². The molecule has 3 aliphatic rings. The van der Waals surface area contributed by atoms with Crippen molar-refractivity contribution in [3.63, 3.8) is 0 Å². The largest absolute Gasteiger partial charge is 0.465 e. The summed E-state index contributed by atoms with van der Waals surface area (Å²) in [5.74, 6) is -2.23. The molecule has 2 aliphatic heterocycles. The average molecular weight is 666 g/mol. The summed E-state index contributed by atoms with van der Waals surface area (Å²) in [5, 5.41) is 15.1. The number of hydrogen-bond acceptors (Lipinski definition) is 5. The molecule has 2 fully saturated rings. The molecule has 0 bridgehead atoms. The lowest BCUT2D eigenvalue weighted by Crippen LogP contribution is -2.50. The topological polar surface area (TPSA) is 139 Å². The van der Waals surface area contributed by atoms with Crippen molar-refractivity contribution in [2.75, 3.05) is 13.1 Å². The molecule has 1 aliphatic carbocycles. The van der Waals surface area contributed by atoms with E-state index in [9.17, 15) is 14.7 Å². The zero-order valence-corrected chi connectivity index (χ0v) is 27.2. The van der Waals surface area contributed by atoms with Gasteiger partial charge in [-0.2, -0.15) is 8.78 Å². The lowest BCUT2D eigenvalue weighted by molar-refractivity contribution is -0.135. The van der Waals surface area contributed by atoms with Gasteiger partial charge in [0.15, 0.2) is 0 Å². The number of alkyl halides is 2. The Balaban J connectivity index is 1.06. The van der Waals surface area contributed by atoms with E-state index in [0.29, 0.717) is 52.3 Å². The summed E-state index contributed by atoms with van der Waals surface area (Å²) in [6.07, 6.45) is 4.01. The molecule has 0 radical (unpaired) electrons. The number of fused-ring (bicyclic) bond motifs is 4. The van der Waals surface area contributed by atoms with E-state index in [1.165, 1.54) is 0 Å². The number of nitrogens with zero attached hydrogens (tertiary/aromatic N) is 3. The molecule has 3 aromatic carbocycles. The van der Waals surface area contributed by atoms with Gasteiger partial charge in [-0.3, -0.25) is 4.79 Å². The van der Waals surface area contributed by atoms with Crippen molar-refractivity contribution in [3.05, 3.63) is 83.6 Å². The van der Waals surface area contributed by atoms with Crippen LogP contribution in [-0.2, 0) is 10.7 Å². The SMILES string of the molecule is CC(C)[C@H](NC(=O)O)C(=O)N1CCC[C@H]1c1nc2ccc(-c3ccc4c(c3)C(F)(F)c3cc(-c5cnc([C@@H]6CCCN6)[nH]5)ccc3-4)cc2[nH]1. The van der Waals surface area contributed by atoms with Gasteiger partial charge in [-0.1, -0.05) is 44.2 Å². The lowest BCUT2D eigenvalue weighted by Gasteiger charge is -2.29. The summed E-state index contributed by atoms with van der Waals surface area (Å²) in [4.78, 5) is 42.5. The highest BCUT2D eigenvalue weighted by atomic mass is 19.3. The molecule has 5 N–H and O–H groups in total. The number of benzene rings is 3. The highest BCUT2D eigenvalue weighted by Gasteiger charge is 2.45. The molecular weight excluding hydrogens is 628 g/mol. The monoisotopic (exact) mass is 665 g/mol. The van der Waals surface area contributed by atoms with Gasteiger partial charge >= 0.3 is 6.09 Å². The Morgan fingerprint density at radius 2 is 1.65 bits per heavy atom. The van der Waals surface area contributed by atoms with Crippen LogP contribution in [0, 0.1) is 5.92 Å². The van der Waals surface area contributed by atoms with Crippen molar-refractivity contribution in [1.29, 1.82) is 0 Å². The Morgan fingerprint density at radius 1 is 0.939 bits per heavy atom. The van der Waals surface area contributed by atoms with Gasteiger partial charge < -0.3 is 30.6 Å². The molecule has 10 nitrogen and oxygen atoms in total. The Bertz CT molecular complexity index is 2100. The van der Waals surface area contributed by atoms with E-state index in [2.05, 4.69) is 25.6 Å². The molecule has 4 heterocycles. The number of halogens is 2. The summed E-state index contributed by atoms with van der Waals surface area (Å²) < 4.78 is 32.3. The number of rotatable bonds is 7. The summed E-state index contributed by atoms with van der Waals surface area (Å²) in [6, 6.07) is 15.0. The standard InChI is InChI=1S/C37H37F2N7O3/c1-19(2)32(45-36(48)49)35(47)46-14-4-6-31(46)34-42-27-12-9-21(17-29(27)43-34)20-7-10-23-24-11-8-22(16-26(24)37(38,39)25(23)15-20)30-18-41-33(44-30)28-5-3-13-40-28/h7-12,15-19,28,31-32,40,45H,3-6,13-14H2,1-2H3,(H,41,44)(H,42,43)(H,48,49)/t28-,31-,32-/m0/s1. The fraction of sp³-hybridized carbons (Fsp3) is 0.351. The third-order valence-corrected chi connectivity index (χ3v) is 10.2. The van der Waals surface area contributed by atoms with Crippen LogP contribution in [0.3, 0.4) is 0 Å². The fourth-order valence-electron chi connectivity index (χ4n) is 7.66. The minimum Gasteiger partial charge on any atom is -0.465 e. The molecule has 0 saturated carbocycles. The molecule has 5 aromatic rings. The average Bonchev–Trinajstić information content (AvgIpc) is 3.93. The first kappa shape index (κ1) is 31.2. The Kier molecular flexibility index (Phi) is 7.51. The number of imidazole rings is 2. The zero-order valence-electron chi connectivity index (χ0n) is 27.2. The maximum Gasteiger partial charge on any atom is 0.405 e. The number of H-pyrrole nitrogens is 2. The first-order chi connectivity index (χ1) is 23.6. The van der Waals surface area contributed by atoms with E-state index >= 15 is 8.78 Å². The summed E-state index contributed by atoms with van der Waals surface area (Å²) in [7, 11) is 0. The van der Waals surface area contributed by atoms with Crippen LogP contribution < -0.4 is 10.6 Å². The van der Waals surface area contributed by atoms with E-state index in [-0.39, 0.29) is 35.0 Å². The smallest absolute Gasteiger partial charge is 0.405 e. The van der Waals surface area contributed by atoms with Crippen molar-refractivity contribution in [1.82, 2.24) is 35.5 Å². The second-order valence-electron chi connectivity index (χ2n) is 13.6. The summed E-state index contributed by atoms with van der Waals surface area (Å²) >= 11 is 0. The molecule has 252 valence electrons. The summed E-state index contributed by atoms with van der Waals surface area (Å²) in [6.45, 7) is 5.06. The number of amides is 2. The van der Waals surface area contributed by atoms with Gasteiger partial charge in [-0.25, -0.2) is 14.8 Å². The molecule has 8 rings (SSSR count). The van der Waals surface area contributed by atoms with E-state index in [0.717, 1.165) is 42.7 Å². The molecule has 3 atom stereocenters. The quantitative estimate of drug-likeness (QED) is 0.126. The number of carbonyl (C=O) groups is 2. The molecule has 2 amide bonds. The van der Waals surface area contributed by atoms with Crippen LogP contribution in [0.5, 0.6) is 0 Å². The van der Waals surface area contributed by atoms with Gasteiger partial charge in [0.1, 0.15) is 17.7 Å². The van der Waals surface area contributed by atoms with Crippen molar-refractivity contribution in [3.8, 4) is 33.5 Å². The highest BCUT2D eigenvalue weighted by Crippen LogP contribution is 2.52. The summed E-state index contributed by atoms with van der Waals surface area (Å²) in [5.41, 5.74) is 5.21. The van der Waals surface area contributed by atoms with Gasteiger partial charge in [-0.05, 0) is 84.7 Å². The van der Waals surface area contributed by atoms with Gasteiger partial charge in [0.05, 0.1) is 35.0 Å². The number of likely N-dealkylation sites (tertiary alicyclic amines) is 1. The second kappa shape index (κ2) is 11.8. The maximum atomic E-state index is 16.2. The maximum absolute atomic E-state index is 16.2. The molecule has 12 heteroatoms. The zero-order chi connectivity index (χ0) is 34.0. The third-order valence-electron chi connectivity index (χ3n) is 10.2. The van der Waals surface area contributed by atoms with Crippen LogP contribution in [0.2, 0.25) is 0 Å². The molecule has 2 aromatic heterocycles. The molecule has 0 unspecified atom stereocenters. The number of carbonyl (C=O) groups excluding carboxylic acids is 1. The van der Waals surface area contributed by atoms with Crippen LogP contribution in [0.15, 0.2) is 60.8 Å². The normalized spacial score (nSPS) is 20.1. The van der Waals surface area contributed by atoms with Crippen LogP contribution in [0.25, 0.3) is 44.5 Å². The minimum absolute atomic E-state index is 0.0186. The molecular formula is C37H37F2N7O3. The predicted octanol–water partition coefficient (Wildman–Crippen LogP) is 7.12. The van der Waals surface area contributed by atoms with E-state index in [1.54, 1.807) is 35.4 Å². The predicted molar refractivity (Wildman–Crippen MR) is 181 cm³/mol. The van der Waals surface area contributed by atoms with Gasteiger partial charge in [0, 0.05) is 23.2 Å². The van der Waals surface area contributed by atoms with Gasteiger partial charge in [0.25, 0.3) is 5.92 Å². The van der Waals surface area contributed by atoms with Crippen molar-refractivity contribution >= 4 is 23.0 Å². The number of hydrogen-bond donors (Lipinski definition) is 5. The Morgan fingerprint density at radius 3 is 2.37 bits per heavy atom. The third kappa shape index (κ3) is 5.34. The van der Waals surface area contributed by atoms with E-state index < -0.39 is 18.1 Å². The van der Waals surface area contributed by atoms with E-state index in [4.69, 9.17) is 4.98 Å². The molecule has 49 heavy (non-hydrogen) atoms. The number of nitrogens with one attached hydrogen (secondary N) is 4. The minimum atomic E-state index is -3.18. The van der Waals surface area contributed by atoms with Crippen molar-refractivity contribution < 1.29 is 23.5 Å². The number of aromatic amines is 2. The lowest BCUT2D eigenvalue weighted by atomic mass is 9.98. The number of carboxylic acid groups (broad SMARTS) is 1. The second-order valence-corrected chi connectivity index (χ2v) is 13.6. The van der Waals surface area contributed by atoms with Gasteiger partial charge in [0.2, 0.25) is 5.91 Å².